The van der Waals surface area contributed by atoms with Gasteiger partial charge in [0.25, 0.3) is 0 Å². The van der Waals surface area contributed by atoms with Crippen molar-refractivity contribution in [3.8, 4) is 5.75 Å². The maximum Gasteiger partial charge on any atom is 0.165 e. The number of ether oxygens (including phenoxy) is 1. The van der Waals surface area contributed by atoms with Gasteiger partial charge >= 0.3 is 0 Å². The van der Waals surface area contributed by atoms with Gasteiger partial charge in [-0.2, -0.15) is 0 Å². The molecule has 0 saturated heterocycles. The molecule has 2 aromatic rings. The second-order valence-corrected chi connectivity index (χ2v) is 4.53. The zero-order valence-corrected chi connectivity index (χ0v) is 11.0. The van der Waals surface area contributed by atoms with E-state index in [1.54, 1.807) is 12.1 Å². The molecule has 0 saturated carbocycles. The first kappa shape index (κ1) is 13.6. The predicted molar refractivity (Wildman–Crippen MR) is 74.7 cm³/mol. The molecule has 0 spiro atoms. The minimum Gasteiger partial charge on any atom is -0.486 e. The number of hydrogen-bond acceptors (Lipinski definition) is 2. The quantitative estimate of drug-likeness (QED) is 0.894. The van der Waals surface area contributed by atoms with Crippen LogP contribution in [-0.2, 0) is 13.0 Å². The number of nitrogens with two attached hydrogens (primary N) is 1. The Morgan fingerprint density at radius 1 is 1.11 bits per heavy atom. The van der Waals surface area contributed by atoms with Gasteiger partial charge in [-0.25, -0.2) is 4.39 Å². The molecule has 0 aliphatic heterocycles. The van der Waals surface area contributed by atoms with Crippen LogP contribution in [0.4, 0.5) is 4.39 Å². The molecular weight excluding hydrogens is 241 g/mol. The first-order chi connectivity index (χ1) is 9.20. The van der Waals surface area contributed by atoms with Gasteiger partial charge in [0, 0.05) is 0 Å². The van der Waals surface area contributed by atoms with Crippen LogP contribution >= 0.6 is 0 Å². The smallest absolute Gasteiger partial charge is 0.165 e. The standard InChI is InChI=1S/C16H18FNO/c1-12-6-7-15(17)16(10-12)19-11-14-5-3-2-4-13(14)8-9-18/h2-7,10H,8-9,11,18H2,1H3. The van der Waals surface area contributed by atoms with Crippen molar-refractivity contribution in [1.82, 2.24) is 0 Å². The van der Waals surface area contributed by atoms with Crippen LogP contribution in [0.25, 0.3) is 0 Å². The Hall–Kier alpha value is -1.87. The number of halogens is 1. The molecule has 0 amide bonds. The Balaban J connectivity index is 2.12. The van der Waals surface area contributed by atoms with Crippen LogP contribution in [0.1, 0.15) is 16.7 Å². The zero-order chi connectivity index (χ0) is 13.7. The van der Waals surface area contributed by atoms with Gasteiger partial charge in [-0.15, -0.1) is 0 Å². The SMILES string of the molecule is Cc1ccc(F)c(OCc2ccccc2CCN)c1. The highest BCUT2D eigenvalue weighted by molar-refractivity contribution is 5.31. The summed E-state index contributed by atoms with van der Waals surface area (Å²) in [5.41, 5.74) is 8.76. The number of aryl methyl sites for hydroxylation is 1. The fraction of sp³-hybridized carbons (Fsp3) is 0.250. The van der Waals surface area contributed by atoms with E-state index in [1.807, 2.05) is 31.2 Å². The molecule has 3 heteroatoms. The van der Waals surface area contributed by atoms with Gasteiger partial charge in [-0.3, -0.25) is 0 Å². The molecule has 2 aromatic carbocycles. The summed E-state index contributed by atoms with van der Waals surface area (Å²) in [7, 11) is 0. The summed E-state index contributed by atoms with van der Waals surface area (Å²) in [5.74, 6) is -0.0375. The zero-order valence-electron chi connectivity index (χ0n) is 11.0. The molecule has 19 heavy (non-hydrogen) atoms. The van der Waals surface area contributed by atoms with Crippen molar-refractivity contribution >= 4 is 0 Å². The summed E-state index contributed by atoms with van der Waals surface area (Å²) < 4.78 is 19.2. The monoisotopic (exact) mass is 259 g/mol. The van der Waals surface area contributed by atoms with E-state index in [0.29, 0.717) is 18.9 Å². The van der Waals surface area contributed by atoms with Crippen molar-refractivity contribution < 1.29 is 9.13 Å². The van der Waals surface area contributed by atoms with E-state index in [-0.39, 0.29) is 5.82 Å². The molecule has 2 nitrogen and oxygen atoms in total. The van der Waals surface area contributed by atoms with Crippen molar-refractivity contribution in [3.63, 3.8) is 0 Å². The van der Waals surface area contributed by atoms with Gasteiger partial charge in [-0.1, -0.05) is 30.3 Å². The fourth-order valence-electron chi connectivity index (χ4n) is 1.97. The topological polar surface area (TPSA) is 35.2 Å². The second-order valence-electron chi connectivity index (χ2n) is 4.53. The third-order valence-corrected chi connectivity index (χ3v) is 3.00. The van der Waals surface area contributed by atoms with E-state index in [1.165, 1.54) is 6.07 Å². The minimum atomic E-state index is -0.332. The Morgan fingerprint density at radius 3 is 2.58 bits per heavy atom. The summed E-state index contributed by atoms with van der Waals surface area (Å²) in [6.07, 6.45) is 0.801. The van der Waals surface area contributed by atoms with Crippen molar-refractivity contribution in [2.24, 2.45) is 5.73 Å². The fourth-order valence-corrected chi connectivity index (χ4v) is 1.97. The summed E-state index contributed by atoms with van der Waals surface area (Å²) in [6.45, 7) is 2.86. The minimum absolute atomic E-state index is 0.294. The molecule has 0 aliphatic rings. The van der Waals surface area contributed by atoms with Crippen LogP contribution in [0.5, 0.6) is 5.75 Å². The first-order valence-electron chi connectivity index (χ1n) is 6.36. The van der Waals surface area contributed by atoms with E-state index in [4.69, 9.17) is 10.5 Å². The van der Waals surface area contributed by atoms with Gasteiger partial charge in [0.15, 0.2) is 11.6 Å². The molecule has 100 valence electrons. The molecule has 2 N–H and O–H groups in total. The average molecular weight is 259 g/mol. The Labute approximate surface area is 113 Å². The second kappa shape index (κ2) is 6.34. The molecule has 0 fully saturated rings. The van der Waals surface area contributed by atoms with Crippen molar-refractivity contribution in [2.45, 2.75) is 20.0 Å². The van der Waals surface area contributed by atoms with Crippen LogP contribution < -0.4 is 10.5 Å². The lowest BCUT2D eigenvalue weighted by atomic mass is 10.1. The third-order valence-electron chi connectivity index (χ3n) is 3.00. The lowest BCUT2D eigenvalue weighted by Crippen LogP contribution is -2.07. The van der Waals surface area contributed by atoms with Gasteiger partial charge in [0.1, 0.15) is 6.61 Å². The Morgan fingerprint density at radius 2 is 1.84 bits per heavy atom. The average Bonchev–Trinajstić information content (AvgIpc) is 2.42. The van der Waals surface area contributed by atoms with Gasteiger partial charge in [0.05, 0.1) is 0 Å². The molecule has 0 radical (unpaired) electrons. The molecule has 0 bridgehead atoms. The number of benzene rings is 2. The van der Waals surface area contributed by atoms with Gasteiger partial charge in [-0.05, 0) is 48.7 Å². The first-order valence-corrected chi connectivity index (χ1v) is 6.36. The van der Waals surface area contributed by atoms with Crippen molar-refractivity contribution in [2.75, 3.05) is 6.54 Å². The maximum atomic E-state index is 13.6. The lowest BCUT2D eigenvalue weighted by molar-refractivity contribution is 0.289. The van der Waals surface area contributed by atoms with E-state index in [0.717, 1.165) is 23.1 Å². The van der Waals surface area contributed by atoms with Crippen LogP contribution in [0.15, 0.2) is 42.5 Å². The largest absolute Gasteiger partial charge is 0.486 e. The Bertz CT molecular complexity index is 554. The van der Waals surface area contributed by atoms with Gasteiger partial charge < -0.3 is 10.5 Å². The number of rotatable bonds is 5. The third kappa shape index (κ3) is 3.55. The maximum absolute atomic E-state index is 13.6. The summed E-state index contributed by atoms with van der Waals surface area (Å²) in [4.78, 5) is 0. The highest BCUT2D eigenvalue weighted by atomic mass is 19.1. The van der Waals surface area contributed by atoms with Crippen molar-refractivity contribution in [3.05, 3.63) is 65.0 Å². The van der Waals surface area contributed by atoms with E-state index in [9.17, 15) is 4.39 Å². The van der Waals surface area contributed by atoms with Crippen LogP contribution in [0, 0.1) is 12.7 Å². The highest BCUT2D eigenvalue weighted by Gasteiger charge is 2.06. The lowest BCUT2D eigenvalue weighted by Gasteiger charge is -2.11. The van der Waals surface area contributed by atoms with E-state index in [2.05, 4.69) is 0 Å². The van der Waals surface area contributed by atoms with Crippen molar-refractivity contribution in [1.29, 1.82) is 0 Å². The van der Waals surface area contributed by atoms with Gasteiger partial charge in [0.2, 0.25) is 0 Å². The highest BCUT2D eigenvalue weighted by Crippen LogP contribution is 2.20. The summed E-state index contributed by atoms with van der Waals surface area (Å²) in [6, 6.07) is 12.8. The van der Waals surface area contributed by atoms with E-state index < -0.39 is 0 Å². The molecule has 0 aromatic heterocycles. The molecule has 0 unspecified atom stereocenters. The summed E-state index contributed by atoms with van der Waals surface area (Å²) in [5, 5.41) is 0. The molecular formula is C16H18FNO. The normalized spacial score (nSPS) is 10.5. The molecule has 0 aliphatic carbocycles. The summed E-state index contributed by atoms with van der Waals surface area (Å²) >= 11 is 0. The molecule has 0 heterocycles. The number of hydrogen-bond donors (Lipinski definition) is 1. The van der Waals surface area contributed by atoms with Crippen LogP contribution in [-0.4, -0.2) is 6.54 Å². The van der Waals surface area contributed by atoms with Crippen LogP contribution in [0.2, 0.25) is 0 Å². The van der Waals surface area contributed by atoms with Crippen LogP contribution in [0.3, 0.4) is 0 Å². The predicted octanol–water partition coefficient (Wildman–Crippen LogP) is 3.21. The van der Waals surface area contributed by atoms with E-state index >= 15 is 0 Å². The molecule has 0 atom stereocenters. The Kier molecular flexibility index (Phi) is 4.53. The molecule has 2 rings (SSSR count).